The van der Waals surface area contributed by atoms with Crippen LogP contribution in [0, 0.1) is 5.82 Å². The van der Waals surface area contributed by atoms with Gasteiger partial charge in [0.05, 0.1) is 12.2 Å². The van der Waals surface area contributed by atoms with Crippen molar-refractivity contribution in [2.45, 2.75) is 51.7 Å². The first kappa shape index (κ1) is 14.5. The summed E-state index contributed by atoms with van der Waals surface area (Å²) in [7, 11) is 0. The van der Waals surface area contributed by atoms with Gasteiger partial charge < -0.3 is 10.1 Å². The van der Waals surface area contributed by atoms with E-state index in [4.69, 9.17) is 4.74 Å². The zero-order valence-electron chi connectivity index (χ0n) is 12.0. The van der Waals surface area contributed by atoms with Gasteiger partial charge in [0.2, 0.25) is 0 Å². The first-order chi connectivity index (χ1) is 9.22. The number of ether oxygens (including phenoxy) is 1. The van der Waals surface area contributed by atoms with Gasteiger partial charge in [0.1, 0.15) is 5.82 Å². The molecule has 106 valence electrons. The minimum Gasteiger partial charge on any atom is -0.365 e. The van der Waals surface area contributed by atoms with Crippen molar-refractivity contribution in [3.8, 4) is 0 Å². The van der Waals surface area contributed by atoms with E-state index in [1.807, 2.05) is 6.07 Å². The molecule has 3 rings (SSSR count). The summed E-state index contributed by atoms with van der Waals surface area (Å²) < 4.78 is 19.1. The van der Waals surface area contributed by atoms with E-state index in [0.29, 0.717) is 6.61 Å². The molecular weight excluding hydrogens is 241 g/mol. The Labute approximate surface area is 115 Å². The molecule has 3 heteroatoms. The largest absolute Gasteiger partial charge is 0.365 e. The summed E-state index contributed by atoms with van der Waals surface area (Å²) in [5.41, 5.74) is 2.02. The summed E-state index contributed by atoms with van der Waals surface area (Å²) in [6, 6.07) is 5.01. The Morgan fingerprint density at radius 3 is 2.53 bits per heavy atom. The summed E-state index contributed by atoms with van der Waals surface area (Å²) >= 11 is 0. The normalized spacial score (nSPS) is 19.7. The van der Waals surface area contributed by atoms with Crippen molar-refractivity contribution in [1.29, 1.82) is 0 Å². The summed E-state index contributed by atoms with van der Waals surface area (Å²) in [4.78, 5) is 0. The monoisotopic (exact) mass is 265 g/mol. The van der Waals surface area contributed by atoms with Crippen LogP contribution in [0.25, 0.3) is 0 Å². The number of unbranched alkanes of at least 4 members (excludes halogenated alkanes) is 1. The molecule has 2 aliphatic heterocycles. The molecule has 1 saturated heterocycles. The molecule has 19 heavy (non-hydrogen) atoms. The topological polar surface area (TPSA) is 21.3 Å². The number of benzene rings is 1. The predicted molar refractivity (Wildman–Crippen MR) is 75.6 cm³/mol. The number of nitrogens with one attached hydrogen (secondary N) is 1. The Balaban J connectivity index is 0.000000297. The maximum atomic E-state index is 13.2. The average Bonchev–Trinajstić information content (AvgIpc) is 2.78. The van der Waals surface area contributed by atoms with E-state index in [-0.39, 0.29) is 11.4 Å². The molecular formula is C16H24FNO. The molecule has 2 heterocycles. The summed E-state index contributed by atoms with van der Waals surface area (Å²) in [5.74, 6) is -0.155. The zero-order chi connectivity index (χ0) is 13.7. The Hall–Kier alpha value is -0.930. The SMILES string of the molecule is CCCC.Fc1ccc2c(c1)C1(CCNCC1)OC2. The maximum absolute atomic E-state index is 13.2. The lowest BCUT2D eigenvalue weighted by Gasteiger charge is -2.33. The van der Waals surface area contributed by atoms with Crippen LogP contribution in [0.5, 0.6) is 0 Å². The van der Waals surface area contributed by atoms with Crippen LogP contribution in [0.4, 0.5) is 4.39 Å². The van der Waals surface area contributed by atoms with Crippen LogP contribution in [0.15, 0.2) is 18.2 Å². The summed E-state index contributed by atoms with van der Waals surface area (Å²) in [5, 5.41) is 3.31. The number of piperidine rings is 1. The van der Waals surface area contributed by atoms with Crippen LogP contribution in [0.2, 0.25) is 0 Å². The molecule has 0 aromatic heterocycles. The van der Waals surface area contributed by atoms with Gasteiger partial charge in [-0.1, -0.05) is 32.8 Å². The molecule has 0 atom stereocenters. The highest BCUT2D eigenvalue weighted by Gasteiger charge is 2.40. The molecule has 0 amide bonds. The van der Waals surface area contributed by atoms with Gasteiger partial charge in [-0.25, -0.2) is 4.39 Å². The van der Waals surface area contributed by atoms with E-state index in [1.165, 1.54) is 18.9 Å². The van der Waals surface area contributed by atoms with Crippen molar-refractivity contribution >= 4 is 0 Å². The fourth-order valence-corrected chi connectivity index (χ4v) is 2.64. The molecule has 0 unspecified atom stereocenters. The Morgan fingerprint density at radius 1 is 1.21 bits per heavy atom. The van der Waals surface area contributed by atoms with E-state index >= 15 is 0 Å². The molecule has 2 aliphatic rings. The Kier molecular flexibility index (Phi) is 4.94. The first-order valence-electron chi connectivity index (χ1n) is 7.35. The second-order valence-corrected chi connectivity index (χ2v) is 5.33. The van der Waals surface area contributed by atoms with Gasteiger partial charge in [0.25, 0.3) is 0 Å². The van der Waals surface area contributed by atoms with E-state index in [0.717, 1.165) is 37.1 Å². The van der Waals surface area contributed by atoms with Crippen LogP contribution in [0.1, 0.15) is 50.7 Å². The molecule has 1 spiro atoms. The van der Waals surface area contributed by atoms with Crippen molar-refractivity contribution in [3.63, 3.8) is 0 Å². The number of hydrogen-bond donors (Lipinski definition) is 1. The van der Waals surface area contributed by atoms with Crippen LogP contribution >= 0.6 is 0 Å². The summed E-state index contributed by atoms with van der Waals surface area (Å²) in [6.45, 7) is 6.90. The molecule has 1 fully saturated rings. The highest BCUT2D eigenvalue weighted by Crippen LogP contribution is 2.42. The second kappa shape index (κ2) is 6.49. The fraction of sp³-hybridized carbons (Fsp3) is 0.625. The maximum Gasteiger partial charge on any atom is 0.123 e. The van der Waals surface area contributed by atoms with Crippen LogP contribution in [-0.4, -0.2) is 13.1 Å². The molecule has 0 aliphatic carbocycles. The lowest BCUT2D eigenvalue weighted by atomic mass is 9.84. The number of rotatable bonds is 1. The smallest absolute Gasteiger partial charge is 0.123 e. The average molecular weight is 265 g/mol. The van der Waals surface area contributed by atoms with E-state index < -0.39 is 0 Å². The van der Waals surface area contributed by atoms with Crippen LogP contribution in [-0.2, 0) is 16.9 Å². The molecule has 1 aromatic rings. The number of fused-ring (bicyclic) bond motifs is 2. The predicted octanol–water partition coefficient (Wildman–Crippen LogP) is 3.74. The molecule has 2 nitrogen and oxygen atoms in total. The van der Waals surface area contributed by atoms with Crippen molar-refractivity contribution in [2.75, 3.05) is 13.1 Å². The summed E-state index contributed by atoms with van der Waals surface area (Å²) in [6.07, 6.45) is 4.53. The number of halogens is 1. The highest BCUT2D eigenvalue weighted by atomic mass is 19.1. The van der Waals surface area contributed by atoms with Crippen LogP contribution < -0.4 is 5.32 Å². The third kappa shape index (κ3) is 3.15. The zero-order valence-corrected chi connectivity index (χ0v) is 12.0. The fourth-order valence-electron chi connectivity index (χ4n) is 2.64. The lowest BCUT2D eigenvalue weighted by Crippen LogP contribution is -2.39. The van der Waals surface area contributed by atoms with Gasteiger partial charge in [-0.2, -0.15) is 0 Å². The molecule has 1 aromatic carbocycles. The second-order valence-electron chi connectivity index (χ2n) is 5.33. The van der Waals surface area contributed by atoms with E-state index in [1.54, 1.807) is 6.07 Å². The van der Waals surface area contributed by atoms with E-state index in [2.05, 4.69) is 19.2 Å². The number of hydrogen-bond acceptors (Lipinski definition) is 2. The van der Waals surface area contributed by atoms with Crippen LogP contribution in [0.3, 0.4) is 0 Å². The van der Waals surface area contributed by atoms with Gasteiger partial charge in [-0.3, -0.25) is 0 Å². The van der Waals surface area contributed by atoms with Gasteiger partial charge in [0, 0.05) is 0 Å². The molecule has 0 bridgehead atoms. The van der Waals surface area contributed by atoms with Gasteiger partial charge in [0.15, 0.2) is 0 Å². The molecule has 0 saturated carbocycles. The highest BCUT2D eigenvalue weighted by molar-refractivity contribution is 5.36. The quantitative estimate of drug-likeness (QED) is 0.835. The third-order valence-electron chi connectivity index (χ3n) is 3.98. The van der Waals surface area contributed by atoms with Gasteiger partial charge in [-0.15, -0.1) is 0 Å². The first-order valence-corrected chi connectivity index (χ1v) is 7.35. The van der Waals surface area contributed by atoms with Crippen molar-refractivity contribution in [2.24, 2.45) is 0 Å². The molecule has 1 N–H and O–H groups in total. The lowest BCUT2D eigenvalue weighted by molar-refractivity contribution is -0.0590. The molecule has 0 radical (unpaired) electrons. The van der Waals surface area contributed by atoms with Crippen molar-refractivity contribution < 1.29 is 9.13 Å². The van der Waals surface area contributed by atoms with Gasteiger partial charge in [-0.05, 0) is 49.2 Å². The van der Waals surface area contributed by atoms with E-state index in [9.17, 15) is 4.39 Å². The minimum absolute atomic E-state index is 0.155. The van der Waals surface area contributed by atoms with Crippen molar-refractivity contribution in [1.82, 2.24) is 5.32 Å². The third-order valence-corrected chi connectivity index (χ3v) is 3.98. The minimum atomic E-state index is -0.206. The Morgan fingerprint density at radius 2 is 1.89 bits per heavy atom. The van der Waals surface area contributed by atoms with Crippen molar-refractivity contribution in [3.05, 3.63) is 35.1 Å². The Bertz CT molecular complexity index is 406. The van der Waals surface area contributed by atoms with Gasteiger partial charge >= 0.3 is 0 Å². The standard InChI is InChI=1S/C12H14FNO.C4H10/c13-10-2-1-9-8-15-12(11(9)7-10)3-5-14-6-4-12;1-3-4-2/h1-2,7,14H,3-6,8H2;3-4H2,1-2H3.